The monoisotopic (exact) mass is 413 g/mol. The van der Waals surface area contributed by atoms with Gasteiger partial charge in [-0.1, -0.05) is 24.3 Å². The molecule has 0 aliphatic rings. The molecular weight excluding hydrogens is 395 g/mol. The van der Waals surface area contributed by atoms with E-state index in [-0.39, 0.29) is 17.2 Å². The molecule has 0 amide bonds. The minimum atomic E-state index is -4.67. The zero-order valence-corrected chi connectivity index (χ0v) is 16.2. The Hall–Kier alpha value is -2.69. The van der Waals surface area contributed by atoms with E-state index >= 15 is 0 Å². The van der Waals surface area contributed by atoms with E-state index in [1.165, 1.54) is 0 Å². The number of halogens is 3. The van der Waals surface area contributed by atoms with Gasteiger partial charge in [0.05, 0.1) is 5.75 Å². The lowest BCUT2D eigenvalue weighted by molar-refractivity contribution is -0.146. The van der Waals surface area contributed by atoms with Crippen LogP contribution in [0.2, 0.25) is 0 Å². The Morgan fingerprint density at radius 3 is 2.21 bits per heavy atom. The number of hydrogen-bond donors (Lipinski definition) is 1. The molecule has 0 unspecified atom stereocenters. The second-order valence-electron chi connectivity index (χ2n) is 6.60. The molecule has 0 radical (unpaired) electrons. The van der Waals surface area contributed by atoms with E-state index in [2.05, 4.69) is 20.6 Å². The van der Waals surface area contributed by atoms with Gasteiger partial charge in [0.2, 0.25) is 0 Å². The third-order valence-electron chi connectivity index (χ3n) is 4.26. The molecule has 1 aromatic carbocycles. The van der Waals surface area contributed by atoms with Crippen LogP contribution in [-0.2, 0) is 28.3 Å². The molecule has 0 fully saturated rings. The van der Waals surface area contributed by atoms with E-state index in [0.29, 0.717) is 27.8 Å². The van der Waals surface area contributed by atoms with Crippen LogP contribution in [0.4, 0.5) is 19.0 Å². The first-order valence-corrected chi connectivity index (χ1v) is 10.3. The Balaban J connectivity index is 1.85. The molecule has 150 valence electrons. The third kappa shape index (κ3) is 4.24. The number of alkyl halides is 3. The number of aromatic nitrogens is 4. The Morgan fingerprint density at radius 1 is 1.04 bits per heavy atom. The van der Waals surface area contributed by atoms with Crippen LogP contribution in [0.1, 0.15) is 28.1 Å². The van der Waals surface area contributed by atoms with Crippen LogP contribution in [0.25, 0.3) is 5.65 Å². The first-order chi connectivity index (χ1) is 13.0. The van der Waals surface area contributed by atoms with Crippen molar-refractivity contribution >= 4 is 21.3 Å². The molecule has 7 nitrogen and oxygen atoms in total. The summed E-state index contributed by atoms with van der Waals surface area (Å²) in [7, 11) is -3.12. The Bertz CT molecular complexity index is 1120. The van der Waals surface area contributed by atoms with Crippen molar-refractivity contribution < 1.29 is 21.6 Å². The summed E-state index contributed by atoms with van der Waals surface area (Å²) in [6.45, 7) is 3.70. The fraction of sp³-hybridized carbons (Fsp3) is 0.353. The van der Waals surface area contributed by atoms with Crippen LogP contribution in [0.15, 0.2) is 24.3 Å². The van der Waals surface area contributed by atoms with Crippen molar-refractivity contribution in [2.75, 3.05) is 11.6 Å². The highest BCUT2D eigenvalue weighted by Gasteiger charge is 2.38. The molecule has 2 heterocycles. The van der Waals surface area contributed by atoms with E-state index in [4.69, 9.17) is 0 Å². The van der Waals surface area contributed by atoms with Gasteiger partial charge in [-0.05, 0) is 30.5 Å². The van der Waals surface area contributed by atoms with Crippen molar-refractivity contribution in [3.8, 4) is 0 Å². The number of anilines is 1. The van der Waals surface area contributed by atoms with E-state index < -0.39 is 21.8 Å². The average molecular weight is 413 g/mol. The molecule has 3 aromatic rings. The molecule has 11 heteroatoms. The molecule has 3 rings (SSSR count). The summed E-state index contributed by atoms with van der Waals surface area (Å²) in [6.07, 6.45) is -3.50. The van der Waals surface area contributed by atoms with Crippen LogP contribution in [-0.4, -0.2) is 34.5 Å². The molecule has 1 N–H and O–H groups in total. The summed E-state index contributed by atoms with van der Waals surface area (Å²) in [5.74, 6) is -0.945. The van der Waals surface area contributed by atoms with Gasteiger partial charge in [-0.15, -0.1) is 15.3 Å². The van der Waals surface area contributed by atoms with Gasteiger partial charge in [-0.3, -0.25) is 0 Å². The van der Waals surface area contributed by atoms with Gasteiger partial charge in [0, 0.05) is 18.4 Å². The van der Waals surface area contributed by atoms with Gasteiger partial charge in [0.1, 0.15) is 0 Å². The van der Waals surface area contributed by atoms with Gasteiger partial charge in [-0.25, -0.2) is 8.42 Å². The maximum Gasteiger partial charge on any atom is 0.453 e. The summed E-state index contributed by atoms with van der Waals surface area (Å²) in [4.78, 5) is 0. The first kappa shape index (κ1) is 20.1. The summed E-state index contributed by atoms with van der Waals surface area (Å²) in [5, 5.41) is 13.9. The van der Waals surface area contributed by atoms with Crippen LogP contribution >= 0.6 is 0 Å². The SMILES string of the molecule is Cc1c(NCc2ccc(CS(C)(=O)=O)cc2)nn2c(C(F)(F)F)nnc2c1C. The summed E-state index contributed by atoms with van der Waals surface area (Å²) >= 11 is 0. The second-order valence-corrected chi connectivity index (χ2v) is 8.74. The number of nitrogens with one attached hydrogen (secondary N) is 1. The lowest BCUT2D eigenvalue weighted by Gasteiger charge is -2.13. The second kappa shape index (κ2) is 7.04. The third-order valence-corrected chi connectivity index (χ3v) is 5.12. The van der Waals surface area contributed by atoms with E-state index in [9.17, 15) is 21.6 Å². The van der Waals surface area contributed by atoms with E-state index in [1.807, 2.05) is 0 Å². The molecule has 0 bridgehead atoms. The summed E-state index contributed by atoms with van der Waals surface area (Å²) in [5.41, 5.74) is 2.76. The van der Waals surface area contributed by atoms with Crippen LogP contribution in [0.5, 0.6) is 0 Å². The maximum absolute atomic E-state index is 13.1. The quantitative estimate of drug-likeness (QED) is 0.692. The molecule has 0 saturated carbocycles. The fourth-order valence-electron chi connectivity index (χ4n) is 2.72. The zero-order valence-electron chi connectivity index (χ0n) is 15.4. The van der Waals surface area contributed by atoms with Crippen molar-refractivity contribution in [2.24, 2.45) is 0 Å². The highest BCUT2D eigenvalue weighted by atomic mass is 32.2. The predicted molar refractivity (Wildman–Crippen MR) is 97.6 cm³/mol. The van der Waals surface area contributed by atoms with Crippen molar-refractivity contribution in [3.63, 3.8) is 0 Å². The number of sulfone groups is 1. The first-order valence-electron chi connectivity index (χ1n) is 8.25. The topological polar surface area (TPSA) is 89.2 Å². The number of rotatable bonds is 5. The van der Waals surface area contributed by atoms with Crippen molar-refractivity contribution in [1.29, 1.82) is 0 Å². The van der Waals surface area contributed by atoms with Crippen molar-refractivity contribution in [2.45, 2.75) is 32.3 Å². The molecule has 0 aliphatic carbocycles. The Morgan fingerprint density at radius 2 is 1.64 bits per heavy atom. The number of fused-ring (bicyclic) bond motifs is 1. The van der Waals surface area contributed by atoms with Crippen molar-refractivity contribution in [1.82, 2.24) is 19.8 Å². The van der Waals surface area contributed by atoms with E-state index in [0.717, 1.165) is 11.8 Å². The fourth-order valence-corrected chi connectivity index (χ4v) is 3.51. The highest BCUT2D eigenvalue weighted by molar-refractivity contribution is 7.89. The number of hydrogen-bond acceptors (Lipinski definition) is 6. The van der Waals surface area contributed by atoms with Crippen LogP contribution < -0.4 is 5.32 Å². The smallest absolute Gasteiger partial charge is 0.364 e. The molecule has 0 atom stereocenters. The molecule has 2 aromatic heterocycles. The minimum Gasteiger partial charge on any atom is -0.364 e. The van der Waals surface area contributed by atoms with Gasteiger partial charge in [-0.2, -0.15) is 17.7 Å². The molecule has 0 saturated heterocycles. The zero-order chi connectivity index (χ0) is 20.7. The van der Waals surface area contributed by atoms with Crippen LogP contribution in [0, 0.1) is 13.8 Å². The predicted octanol–water partition coefficient (Wildman–Crippen LogP) is 2.92. The Kier molecular flexibility index (Phi) is 5.04. The molecule has 28 heavy (non-hydrogen) atoms. The van der Waals surface area contributed by atoms with Gasteiger partial charge >= 0.3 is 6.18 Å². The van der Waals surface area contributed by atoms with Crippen molar-refractivity contribution in [3.05, 3.63) is 52.3 Å². The highest BCUT2D eigenvalue weighted by Crippen LogP contribution is 2.29. The normalized spacial score (nSPS) is 12.5. The van der Waals surface area contributed by atoms with E-state index in [1.54, 1.807) is 38.1 Å². The molecular formula is C17H18F3N5O2S. The summed E-state index contributed by atoms with van der Waals surface area (Å²) in [6, 6.07) is 6.92. The van der Waals surface area contributed by atoms with Gasteiger partial charge < -0.3 is 5.32 Å². The minimum absolute atomic E-state index is 0.0505. The van der Waals surface area contributed by atoms with Gasteiger partial charge in [0.25, 0.3) is 5.82 Å². The van der Waals surface area contributed by atoms with Crippen LogP contribution in [0.3, 0.4) is 0 Å². The standard InChI is InChI=1S/C17H18F3N5O2S/c1-10-11(2)15-22-23-16(17(18,19)20)25(15)24-14(10)21-8-12-4-6-13(7-5-12)9-28(3,26)27/h4-7H,8-9H2,1-3H3,(H,21,24). The number of benzene rings is 1. The molecule has 0 aliphatic heterocycles. The lowest BCUT2D eigenvalue weighted by atomic mass is 10.1. The number of aryl methyl sites for hydroxylation is 1. The van der Waals surface area contributed by atoms with Gasteiger partial charge in [0.15, 0.2) is 21.3 Å². The largest absolute Gasteiger partial charge is 0.453 e. The average Bonchev–Trinajstić information content (AvgIpc) is 3.01. The Labute approximate surface area is 159 Å². The number of nitrogens with zero attached hydrogens (tertiary/aromatic N) is 4. The molecule has 0 spiro atoms. The summed E-state index contributed by atoms with van der Waals surface area (Å²) < 4.78 is 62.6. The lowest BCUT2D eigenvalue weighted by Crippen LogP contribution is -2.15. The maximum atomic E-state index is 13.1.